The Morgan fingerprint density at radius 2 is 1.61 bits per heavy atom. The number of benzene rings is 1. The fourth-order valence-electron chi connectivity index (χ4n) is 2.85. The summed E-state index contributed by atoms with van der Waals surface area (Å²) < 4.78 is 17.9. The quantitative estimate of drug-likeness (QED) is 0.299. The molecule has 5 amide bonds. The predicted octanol–water partition coefficient (Wildman–Crippen LogP) is 1.16. The van der Waals surface area contributed by atoms with Crippen LogP contribution >= 0.6 is 0 Å². The number of nitrogens with two attached hydrogens (primary N) is 2. The zero-order valence-electron chi connectivity index (χ0n) is 17.2. The van der Waals surface area contributed by atoms with Crippen LogP contribution in [0.15, 0.2) is 35.7 Å². The molecule has 1 aromatic carbocycles. The van der Waals surface area contributed by atoms with Crippen LogP contribution in [0.3, 0.4) is 0 Å². The molecule has 1 aliphatic rings. The molecule has 1 fully saturated rings. The van der Waals surface area contributed by atoms with E-state index in [1.165, 1.54) is 24.3 Å². The number of unbranched alkanes of at least 4 members (excludes halogenated alkanes) is 1. The van der Waals surface area contributed by atoms with E-state index in [4.69, 9.17) is 16.2 Å². The van der Waals surface area contributed by atoms with Crippen LogP contribution in [0.25, 0.3) is 0 Å². The number of barbiturate groups is 1. The molecule has 1 saturated heterocycles. The third kappa shape index (κ3) is 6.17. The summed E-state index contributed by atoms with van der Waals surface area (Å²) >= 11 is 0. The lowest BCUT2D eigenvalue weighted by Crippen LogP contribution is -2.57. The van der Waals surface area contributed by atoms with Crippen molar-refractivity contribution in [1.29, 1.82) is 0 Å². The number of urea groups is 1. The molecule has 1 heterocycles. The van der Waals surface area contributed by atoms with Crippen molar-refractivity contribution in [2.75, 3.05) is 19.6 Å². The molecule has 0 bridgehead atoms. The molecule has 5 N–H and O–H groups in total. The van der Waals surface area contributed by atoms with Crippen LogP contribution in [-0.2, 0) is 20.9 Å². The van der Waals surface area contributed by atoms with E-state index in [1.807, 2.05) is 6.92 Å². The lowest BCUT2D eigenvalue weighted by atomic mass is 10.1. The molecule has 10 nitrogen and oxygen atoms in total. The van der Waals surface area contributed by atoms with Gasteiger partial charge in [-0.15, -0.1) is 0 Å². The first-order chi connectivity index (χ1) is 14.8. The zero-order valence-corrected chi connectivity index (χ0v) is 17.2. The number of alkyl carbamates (subject to hydrolysis) is 1. The van der Waals surface area contributed by atoms with Crippen LogP contribution in [0, 0.1) is 5.82 Å². The van der Waals surface area contributed by atoms with Crippen molar-refractivity contribution < 1.29 is 28.3 Å². The SMILES string of the molecule is CCCCN1C(=O)C(=C(N)N)C(=O)N(CCCNC(=O)OCc2ccc(F)cc2)C1=O. The van der Waals surface area contributed by atoms with Crippen molar-refractivity contribution in [3.8, 4) is 0 Å². The van der Waals surface area contributed by atoms with Gasteiger partial charge in [0.25, 0.3) is 11.8 Å². The number of halogens is 1. The van der Waals surface area contributed by atoms with Crippen LogP contribution in [0.2, 0.25) is 0 Å². The number of ether oxygens (including phenoxy) is 1. The first-order valence-electron chi connectivity index (χ1n) is 9.84. The standard InChI is InChI=1S/C20H26FN5O5/c1-2-3-10-25-17(27)15(16(22)23)18(28)26(20(25)30)11-4-9-24-19(29)31-12-13-5-7-14(21)8-6-13/h5-8H,2-4,9-12,22-23H2,1H3,(H,24,29). The minimum Gasteiger partial charge on any atom is -0.445 e. The molecule has 0 radical (unpaired) electrons. The van der Waals surface area contributed by atoms with Gasteiger partial charge in [0, 0.05) is 19.6 Å². The van der Waals surface area contributed by atoms with Crippen LogP contribution < -0.4 is 16.8 Å². The molecule has 2 rings (SSSR count). The normalized spacial score (nSPS) is 14.1. The lowest BCUT2D eigenvalue weighted by Gasteiger charge is -2.34. The van der Waals surface area contributed by atoms with Gasteiger partial charge in [0.05, 0.1) is 0 Å². The monoisotopic (exact) mass is 435 g/mol. The molecule has 11 heteroatoms. The molecule has 0 aliphatic carbocycles. The van der Waals surface area contributed by atoms with Gasteiger partial charge >= 0.3 is 12.1 Å². The first-order valence-corrected chi connectivity index (χ1v) is 9.84. The molecule has 0 aromatic heterocycles. The number of nitrogens with zero attached hydrogens (tertiary/aromatic N) is 2. The summed E-state index contributed by atoms with van der Waals surface area (Å²) in [7, 11) is 0. The number of carbonyl (C=O) groups excluding carboxylic acids is 4. The second-order valence-corrected chi connectivity index (χ2v) is 6.86. The highest BCUT2D eigenvalue weighted by Gasteiger charge is 2.42. The van der Waals surface area contributed by atoms with Gasteiger partial charge in [0.2, 0.25) is 0 Å². The number of nitrogens with one attached hydrogen (secondary N) is 1. The van der Waals surface area contributed by atoms with Gasteiger partial charge in [-0.25, -0.2) is 14.0 Å². The van der Waals surface area contributed by atoms with Crippen LogP contribution in [0.4, 0.5) is 14.0 Å². The molecule has 0 unspecified atom stereocenters. The smallest absolute Gasteiger partial charge is 0.407 e. The molecular formula is C20H26FN5O5. The van der Waals surface area contributed by atoms with Gasteiger partial charge in [0.15, 0.2) is 0 Å². The van der Waals surface area contributed by atoms with Gasteiger partial charge in [0.1, 0.15) is 23.8 Å². The second kappa shape index (κ2) is 11.0. The Bertz CT molecular complexity index is 867. The molecule has 31 heavy (non-hydrogen) atoms. The van der Waals surface area contributed by atoms with E-state index in [0.29, 0.717) is 12.0 Å². The maximum absolute atomic E-state index is 12.9. The molecule has 0 saturated carbocycles. The van der Waals surface area contributed by atoms with E-state index in [-0.39, 0.29) is 38.5 Å². The number of hydrogen-bond donors (Lipinski definition) is 3. The fraction of sp³-hybridized carbons (Fsp3) is 0.400. The Labute approximate surface area is 179 Å². The number of amides is 5. The maximum Gasteiger partial charge on any atom is 0.407 e. The molecule has 0 atom stereocenters. The van der Waals surface area contributed by atoms with Gasteiger partial charge in [-0.3, -0.25) is 19.4 Å². The zero-order chi connectivity index (χ0) is 23.0. The average molecular weight is 435 g/mol. The van der Waals surface area contributed by atoms with Gasteiger partial charge in [-0.05, 0) is 30.5 Å². The van der Waals surface area contributed by atoms with Crippen molar-refractivity contribution >= 4 is 23.9 Å². The van der Waals surface area contributed by atoms with Crippen LogP contribution in [0.1, 0.15) is 31.7 Å². The van der Waals surface area contributed by atoms with Crippen LogP contribution in [0.5, 0.6) is 0 Å². The van der Waals surface area contributed by atoms with Crippen molar-refractivity contribution in [3.63, 3.8) is 0 Å². The van der Waals surface area contributed by atoms with E-state index in [2.05, 4.69) is 5.32 Å². The topological polar surface area (TPSA) is 148 Å². The summed E-state index contributed by atoms with van der Waals surface area (Å²) in [5.41, 5.74) is 11.2. The number of rotatable bonds is 9. The van der Waals surface area contributed by atoms with Crippen LogP contribution in [-0.4, -0.2) is 53.4 Å². The van der Waals surface area contributed by atoms with Crippen molar-refractivity contribution in [3.05, 3.63) is 47.0 Å². The average Bonchev–Trinajstić information content (AvgIpc) is 2.72. The largest absolute Gasteiger partial charge is 0.445 e. The summed E-state index contributed by atoms with van der Waals surface area (Å²) in [6.07, 6.45) is 0.828. The number of hydrogen-bond acceptors (Lipinski definition) is 7. The summed E-state index contributed by atoms with van der Waals surface area (Å²) in [5, 5.41) is 2.50. The highest BCUT2D eigenvalue weighted by Crippen LogP contribution is 2.19. The number of carbonyl (C=O) groups is 4. The van der Waals surface area contributed by atoms with E-state index in [0.717, 1.165) is 16.2 Å². The van der Waals surface area contributed by atoms with E-state index >= 15 is 0 Å². The van der Waals surface area contributed by atoms with Crippen molar-refractivity contribution in [1.82, 2.24) is 15.1 Å². The third-order valence-electron chi connectivity index (χ3n) is 4.51. The summed E-state index contributed by atoms with van der Waals surface area (Å²) in [4.78, 5) is 51.1. The summed E-state index contributed by atoms with van der Waals surface area (Å²) in [6.45, 7) is 2.06. The Kier molecular flexibility index (Phi) is 8.35. The van der Waals surface area contributed by atoms with Crippen molar-refractivity contribution in [2.24, 2.45) is 11.5 Å². The van der Waals surface area contributed by atoms with Gasteiger partial charge in [-0.1, -0.05) is 25.5 Å². The first kappa shape index (κ1) is 23.6. The Balaban J connectivity index is 1.87. The summed E-state index contributed by atoms with van der Waals surface area (Å²) in [5.74, 6) is -2.50. The molecule has 1 aliphatic heterocycles. The predicted molar refractivity (Wildman–Crippen MR) is 108 cm³/mol. The third-order valence-corrected chi connectivity index (χ3v) is 4.51. The van der Waals surface area contributed by atoms with E-state index in [9.17, 15) is 23.6 Å². The Morgan fingerprint density at radius 1 is 1.03 bits per heavy atom. The van der Waals surface area contributed by atoms with Gasteiger partial charge < -0.3 is 21.5 Å². The molecule has 1 aromatic rings. The minimum absolute atomic E-state index is 0.0341. The highest BCUT2D eigenvalue weighted by atomic mass is 19.1. The lowest BCUT2D eigenvalue weighted by molar-refractivity contribution is -0.136. The Hall–Kier alpha value is -3.63. The van der Waals surface area contributed by atoms with Gasteiger partial charge in [-0.2, -0.15) is 0 Å². The highest BCUT2D eigenvalue weighted by molar-refractivity contribution is 6.29. The minimum atomic E-state index is -0.860. The second-order valence-electron chi connectivity index (χ2n) is 6.86. The maximum atomic E-state index is 12.9. The number of imide groups is 2. The van der Waals surface area contributed by atoms with Crippen molar-refractivity contribution in [2.45, 2.75) is 32.8 Å². The molecule has 168 valence electrons. The molecular weight excluding hydrogens is 409 g/mol. The van der Waals surface area contributed by atoms with E-state index in [1.54, 1.807) is 0 Å². The van der Waals surface area contributed by atoms with E-state index < -0.39 is 35.3 Å². The molecule has 0 spiro atoms. The fourth-order valence-corrected chi connectivity index (χ4v) is 2.85. The summed E-state index contributed by atoms with van der Waals surface area (Å²) in [6, 6.07) is 4.77. The Morgan fingerprint density at radius 3 is 2.16 bits per heavy atom.